The second-order valence-electron chi connectivity index (χ2n) is 4.26. The molecule has 0 radical (unpaired) electrons. The van der Waals surface area contributed by atoms with Crippen molar-refractivity contribution in [3.8, 4) is 0 Å². The van der Waals surface area contributed by atoms with E-state index in [0.717, 1.165) is 19.5 Å². The molecule has 88 valence electrons. The van der Waals surface area contributed by atoms with Gasteiger partial charge in [-0.2, -0.15) is 0 Å². The highest BCUT2D eigenvalue weighted by atomic mass is 35.5. The van der Waals surface area contributed by atoms with E-state index in [9.17, 15) is 9.50 Å². The van der Waals surface area contributed by atoms with Crippen molar-refractivity contribution in [1.29, 1.82) is 0 Å². The van der Waals surface area contributed by atoms with Crippen molar-refractivity contribution < 1.29 is 9.50 Å². The summed E-state index contributed by atoms with van der Waals surface area (Å²) in [6.07, 6.45) is 0.952. The van der Waals surface area contributed by atoms with Crippen molar-refractivity contribution in [2.24, 2.45) is 5.92 Å². The molecule has 1 aromatic carbocycles. The van der Waals surface area contributed by atoms with Gasteiger partial charge in [-0.05, 0) is 37.1 Å². The maximum atomic E-state index is 13.5. The SMILES string of the molecule is OC1CCNCC1Cc1ccc(Cl)cc1F. The predicted octanol–water partition coefficient (Wildman–Crippen LogP) is 1.99. The van der Waals surface area contributed by atoms with Crippen molar-refractivity contribution in [3.63, 3.8) is 0 Å². The number of rotatable bonds is 2. The second-order valence-corrected chi connectivity index (χ2v) is 4.70. The number of hydrogen-bond acceptors (Lipinski definition) is 2. The molecule has 4 heteroatoms. The van der Waals surface area contributed by atoms with Crippen molar-refractivity contribution in [3.05, 3.63) is 34.6 Å². The number of benzene rings is 1. The Hall–Kier alpha value is -0.640. The third-order valence-corrected chi connectivity index (χ3v) is 3.30. The molecule has 1 saturated heterocycles. The number of hydrogen-bond donors (Lipinski definition) is 2. The fraction of sp³-hybridized carbons (Fsp3) is 0.500. The van der Waals surface area contributed by atoms with Gasteiger partial charge in [0.25, 0.3) is 0 Å². The first-order valence-corrected chi connectivity index (χ1v) is 5.87. The fourth-order valence-electron chi connectivity index (χ4n) is 2.09. The van der Waals surface area contributed by atoms with Crippen molar-refractivity contribution >= 4 is 11.6 Å². The van der Waals surface area contributed by atoms with Gasteiger partial charge in [-0.3, -0.25) is 0 Å². The number of piperidine rings is 1. The Balaban J connectivity index is 2.07. The molecule has 16 heavy (non-hydrogen) atoms. The minimum atomic E-state index is -0.337. The Kier molecular flexibility index (Phi) is 3.79. The third kappa shape index (κ3) is 2.73. The van der Waals surface area contributed by atoms with Crippen LogP contribution in [0.3, 0.4) is 0 Å². The fourth-order valence-corrected chi connectivity index (χ4v) is 2.25. The summed E-state index contributed by atoms with van der Waals surface area (Å²) in [7, 11) is 0. The molecule has 0 aromatic heterocycles. The molecule has 0 spiro atoms. The quantitative estimate of drug-likeness (QED) is 0.833. The molecule has 2 nitrogen and oxygen atoms in total. The standard InChI is InChI=1S/C12H15ClFNO/c13-10-2-1-8(11(14)6-10)5-9-7-15-4-3-12(9)16/h1-2,6,9,12,15-16H,3-5,7H2. The zero-order valence-electron chi connectivity index (χ0n) is 8.92. The normalized spacial score (nSPS) is 25.7. The number of aliphatic hydroxyl groups excluding tert-OH is 1. The average molecular weight is 244 g/mol. The first-order valence-electron chi connectivity index (χ1n) is 5.49. The Morgan fingerprint density at radius 2 is 2.31 bits per heavy atom. The molecule has 1 aromatic rings. The minimum Gasteiger partial charge on any atom is -0.393 e. The molecule has 2 unspecified atom stereocenters. The molecule has 0 bridgehead atoms. The van der Waals surface area contributed by atoms with Crippen LogP contribution in [-0.2, 0) is 6.42 Å². The topological polar surface area (TPSA) is 32.3 Å². The first-order chi connectivity index (χ1) is 7.66. The number of halogens is 2. The lowest BCUT2D eigenvalue weighted by Gasteiger charge is -2.28. The van der Waals surface area contributed by atoms with Crippen LogP contribution in [0.5, 0.6) is 0 Å². The smallest absolute Gasteiger partial charge is 0.127 e. The molecule has 0 saturated carbocycles. The Morgan fingerprint density at radius 3 is 3.00 bits per heavy atom. The first kappa shape index (κ1) is 11.8. The van der Waals surface area contributed by atoms with Gasteiger partial charge >= 0.3 is 0 Å². The van der Waals surface area contributed by atoms with Crippen molar-refractivity contribution in [2.75, 3.05) is 13.1 Å². The summed E-state index contributed by atoms with van der Waals surface area (Å²) in [5, 5.41) is 13.4. The zero-order chi connectivity index (χ0) is 11.5. The Morgan fingerprint density at radius 1 is 1.50 bits per heavy atom. The third-order valence-electron chi connectivity index (χ3n) is 3.06. The summed E-state index contributed by atoms with van der Waals surface area (Å²) >= 11 is 5.69. The minimum absolute atomic E-state index is 0.0874. The molecular formula is C12H15ClFNO. The van der Waals surface area contributed by atoms with Crippen LogP contribution in [0.15, 0.2) is 18.2 Å². The largest absolute Gasteiger partial charge is 0.393 e. The highest BCUT2D eigenvalue weighted by molar-refractivity contribution is 6.30. The molecule has 2 rings (SSSR count). The number of nitrogens with one attached hydrogen (secondary N) is 1. The van der Waals surface area contributed by atoms with Crippen LogP contribution in [0.25, 0.3) is 0 Å². The van der Waals surface area contributed by atoms with Gasteiger partial charge in [0, 0.05) is 17.5 Å². The highest BCUT2D eigenvalue weighted by Gasteiger charge is 2.23. The van der Waals surface area contributed by atoms with Gasteiger partial charge in [-0.25, -0.2) is 4.39 Å². The summed E-state index contributed by atoms with van der Waals surface area (Å²) in [5.41, 5.74) is 0.622. The lowest BCUT2D eigenvalue weighted by atomic mass is 9.89. The van der Waals surface area contributed by atoms with Crippen molar-refractivity contribution in [2.45, 2.75) is 18.9 Å². The summed E-state index contributed by atoms with van der Waals surface area (Å²) in [6, 6.07) is 4.70. The molecule has 1 fully saturated rings. The maximum Gasteiger partial charge on any atom is 0.127 e. The van der Waals surface area contributed by atoms with Crippen LogP contribution in [0.1, 0.15) is 12.0 Å². The van der Waals surface area contributed by atoms with Crippen LogP contribution in [-0.4, -0.2) is 24.3 Å². The lowest BCUT2D eigenvalue weighted by Crippen LogP contribution is -2.40. The summed E-state index contributed by atoms with van der Waals surface area (Å²) in [4.78, 5) is 0. The van der Waals surface area contributed by atoms with E-state index in [2.05, 4.69) is 5.32 Å². The van der Waals surface area contributed by atoms with E-state index >= 15 is 0 Å². The van der Waals surface area contributed by atoms with E-state index < -0.39 is 0 Å². The van der Waals surface area contributed by atoms with Crippen molar-refractivity contribution in [1.82, 2.24) is 5.32 Å². The van der Waals surface area contributed by atoms with Gasteiger partial charge in [0.1, 0.15) is 5.82 Å². The summed E-state index contributed by atoms with van der Waals surface area (Å²) in [5.74, 6) is -0.199. The van der Waals surface area contributed by atoms with Gasteiger partial charge < -0.3 is 10.4 Å². The van der Waals surface area contributed by atoms with E-state index in [0.29, 0.717) is 17.0 Å². The molecule has 1 aliphatic rings. The molecule has 0 amide bonds. The molecule has 1 aliphatic heterocycles. The average Bonchev–Trinajstić information content (AvgIpc) is 2.25. The molecule has 1 heterocycles. The summed E-state index contributed by atoms with van der Waals surface area (Å²) < 4.78 is 13.5. The maximum absolute atomic E-state index is 13.5. The predicted molar refractivity (Wildman–Crippen MR) is 62.1 cm³/mol. The van der Waals surface area contributed by atoms with Crippen LogP contribution in [0.2, 0.25) is 5.02 Å². The van der Waals surface area contributed by atoms with Crippen LogP contribution < -0.4 is 5.32 Å². The van der Waals surface area contributed by atoms with E-state index in [1.807, 2.05) is 0 Å². The van der Waals surface area contributed by atoms with E-state index in [-0.39, 0.29) is 17.8 Å². The van der Waals surface area contributed by atoms with Gasteiger partial charge in [0.2, 0.25) is 0 Å². The molecule has 2 N–H and O–H groups in total. The molecule has 2 atom stereocenters. The number of aliphatic hydroxyl groups is 1. The second kappa shape index (κ2) is 5.13. The molecular weight excluding hydrogens is 229 g/mol. The van der Waals surface area contributed by atoms with Gasteiger partial charge in [-0.15, -0.1) is 0 Å². The molecule has 0 aliphatic carbocycles. The van der Waals surface area contributed by atoms with Crippen LogP contribution in [0.4, 0.5) is 4.39 Å². The van der Waals surface area contributed by atoms with Crippen LogP contribution in [0, 0.1) is 11.7 Å². The Bertz CT molecular complexity index is 372. The lowest BCUT2D eigenvalue weighted by molar-refractivity contribution is 0.0787. The summed E-state index contributed by atoms with van der Waals surface area (Å²) in [6.45, 7) is 1.57. The van der Waals surface area contributed by atoms with Gasteiger partial charge in [0.05, 0.1) is 6.10 Å². The van der Waals surface area contributed by atoms with Crippen LogP contribution >= 0.6 is 11.6 Å². The Labute approximate surface area is 99.4 Å². The van der Waals surface area contributed by atoms with Gasteiger partial charge in [0.15, 0.2) is 0 Å². The van der Waals surface area contributed by atoms with E-state index in [1.54, 1.807) is 12.1 Å². The van der Waals surface area contributed by atoms with Gasteiger partial charge in [-0.1, -0.05) is 17.7 Å². The van der Waals surface area contributed by atoms with E-state index in [1.165, 1.54) is 6.07 Å². The van der Waals surface area contributed by atoms with E-state index in [4.69, 9.17) is 11.6 Å². The highest BCUT2D eigenvalue weighted by Crippen LogP contribution is 2.21. The monoisotopic (exact) mass is 243 g/mol. The zero-order valence-corrected chi connectivity index (χ0v) is 9.67.